The molecule has 0 radical (unpaired) electrons. The van der Waals surface area contributed by atoms with Crippen LogP contribution in [0, 0.1) is 18.8 Å². The highest BCUT2D eigenvalue weighted by molar-refractivity contribution is 5.36. The third-order valence-electron chi connectivity index (χ3n) is 5.87. The Labute approximate surface area is 150 Å². The summed E-state index contributed by atoms with van der Waals surface area (Å²) in [6.45, 7) is 7.47. The molecule has 25 heavy (non-hydrogen) atoms. The van der Waals surface area contributed by atoms with Crippen molar-refractivity contribution in [2.45, 2.75) is 45.8 Å². The molecule has 1 saturated carbocycles. The van der Waals surface area contributed by atoms with Gasteiger partial charge >= 0.3 is 0 Å². The Hall–Kier alpha value is -1.88. The van der Waals surface area contributed by atoms with Crippen LogP contribution in [0.5, 0.6) is 0 Å². The van der Waals surface area contributed by atoms with Gasteiger partial charge in [-0.1, -0.05) is 31.2 Å². The van der Waals surface area contributed by atoms with Gasteiger partial charge in [-0.15, -0.1) is 10.2 Å². The van der Waals surface area contributed by atoms with Crippen LogP contribution in [0.2, 0.25) is 0 Å². The number of methoxy groups -OCH3 is 1. The van der Waals surface area contributed by atoms with Crippen LogP contribution in [0.4, 0.5) is 5.95 Å². The molecule has 0 spiro atoms. The molecule has 1 aliphatic heterocycles. The van der Waals surface area contributed by atoms with Gasteiger partial charge in [-0.25, -0.2) is 0 Å². The minimum atomic E-state index is 0.310. The van der Waals surface area contributed by atoms with Gasteiger partial charge in [0.15, 0.2) is 0 Å². The van der Waals surface area contributed by atoms with Crippen molar-refractivity contribution >= 4 is 5.95 Å². The molecule has 1 aromatic heterocycles. The number of aromatic nitrogens is 3. The summed E-state index contributed by atoms with van der Waals surface area (Å²) >= 11 is 0. The quantitative estimate of drug-likeness (QED) is 0.811. The molecule has 2 fully saturated rings. The van der Waals surface area contributed by atoms with Crippen molar-refractivity contribution in [1.82, 2.24) is 14.8 Å². The second-order valence-electron chi connectivity index (χ2n) is 7.70. The first kappa shape index (κ1) is 16.6. The number of aryl methyl sites for hydroxylation is 1. The second kappa shape index (κ2) is 6.79. The SMILES string of the molecule is CO[C@H]1CCN(c2nnc(Cc3ccccc3C)n2CC2CC2C)C1. The van der Waals surface area contributed by atoms with Gasteiger partial charge in [-0.3, -0.25) is 4.57 Å². The van der Waals surface area contributed by atoms with E-state index in [1.807, 2.05) is 0 Å². The predicted molar refractivity (Wildman–Crippen MR) is 98.9 cm³/mol. The Bertz CT molecular complexity index is 741. The molecule has 0 bridgehead atoms. The summed E-state index contributed by atoms with van der Waals surface area (Å²) in [7, 11) is 1.80. The van der Waals surface area contributed by atoms with E-state index in [-0.39, 0.29) is 0 Å². The van der Waals surface area contributed by atoms with Gasteiger partial charge in [0.05, 0.1) is 6.10 Å². The lowest BCUT2D eigenvalue weighted by atomic mass is 10.1. The van der Waals surface area contributed by atoms with Crippen molar-refractivity contribution in [2.24, 2.45) is 11.8 Å². The van der Waals surface area contributed by atoms with E-state index in [1.165, 1.54) is 17.5 Å². The molecular formula is C20H28N4O. The molecule has 5 nitrogen and oxygen atoms in total. The molecule has 0 amide bonds. The Morgan fingerprint density at radius 3 is 2.72 bits per heavy atom. The summed E-state index contributed by atoms with van der Waals surface area (Å²) in [5, 5.41) is 9.17. The van der Waals surface area contributed by atoms with Gasteiger partial charge < -0.3 is 9.64 Å². The highest BCUT2D eigenvalue weighted by Crippen LogP contribution is 2.40. The van der Waals surface area contributed by atoms with Gasteiger partial charge in [-0.2, -0.15) is 0 Å². The smallest absolute Gasteiger partial charge is 0.227 e. The van der Waals surface area contributed by atoms with Crippen molar-refractivity contribution in [3.05, 3.63) is 41.2 Å². The summed E-state index contributed by atoms with van der Waals surface area (Å²) < 4.78 is 7.91. The van der Waals surface area contributed by atoms with E-state index < -0.39 is 0 Å². The molecule has 134 valence electrons. The fourth-order valence-electron chi connectivity index (χ4n) is 3.85. The van der Waals surface area contributed by atoms with E-state index in [0.717, 1.165) is 56.1 Å². The van der Waals surface area contributed by atoms with Gasteiger partial charge in [-0.05, 0) is 42.7 Å². The zero-order valence-electron chi connectivity index (χ0n) is 15.5. The summed E-state index contributed by atoms with van der Waals surface area (Å²) in [6, 6.07) is 8.57. The fraction of sp³-hybridized carbons (Fsp3) is 0.600. The third kappa shape index (κ3) is 3.43. The minimum absolute atomic E-state index is 0.310. The Morgan fingerprint density at radius 1 is 1.24 bits per heavy atom. The first-order chi connectivity index (χ1) is 12.2. The van der Waals surface area contributed by atoms with Crippen molar-refractivity contribution < 1.29 is 4.74 Å². The molecule has 1 aromatic carbocycles. The van der Waals surface area contributed by atoms with E-state index >= 15 is 0 Å². The lowest BCUT2D eigenvalue weighted by Crippen LogP contribution is -2.26. The maximum absolute atomic E-state index is 5.53. The highest BCUT2D eigenvalue weighted by atomic mass is 16.5. The zero-order valence-corrected chi connectivity index (χ0v) is 15.5. The Kier molecular flexibility index (Phi) is 4.50. The van der Waals surface area contributed by atoms with Crippen molar-refractivity contribution in [2.75, 3.05) is 25.1 Å². The fourth-order valence-corrected chi connectivity index (χ4v) is 3.85. The van der Waals surface area contributed by atoms with Crippen molar-refractivity contribution in [3.63, 3.8) is 0 Å². The summed E-state index contributed by atoms with van der Waals surface area (Å²) in [4.78, 5) is 2.34. The lowest BCUT2D eigenvalue weighted by molar-refractivity contribution is 0.121. The molecule has 3 atom stereocenters. The molecule has 1 saturated heterocycles. The average Bonchev–Trinajstić information content (AvgIpc) is 3.01. The lowest BCUT2D eigenvalue weighted by Gasteiger charge is -2.19. The van der Waals surface area contributed by atoms with Crippen LogP contribution in [-0.4, -0.2) is 41.1 Å². The molecule has 2 unspecified atom stereocenters. The van der Waals surface area contributed by atoms with E-state index in [2.05, 4.69) is 57.8 Å². The molecule has 2 heterocycles. The molecule has 0 N–H and O–H groups in total. The van der Waals surface area contributed by atoms with Gasteiger partial charge in [0.2, 0.25) is 5.95 Å². The Morgan fingerprint density at radius 2 is 2.04 bits per heavy atom. The zero-order chi connectivity index (χ0) is 17.4. The van der Waals surface area contributed by atoms with Crippen molar-refractivity contribution in [3.8, 4) is 0 Å². The van der Waals surface area contributed by atoms with Crippen molar-refractivity contribution in [1.29, 1.82) is 0 Å². The van der Waals surface area contributed by atoms with E-state index in [9.17, 15) is 0 Å². The number of ether oxygens (including phenoxy) is 1. The van der Waals surface area contributed by atoms with Crippen LogP contribution in [0.25, 0.3) is 0 Å². The second-order valence-corrected chi connectivity index (χ2v) is 7.70. The largest absolute Gasteiger partial charge is 0.380 e. The molecular weight excluding hydrogens is 312 g/mol. The van der Waals surface area contributed by atoms with Crippen LogP contribution in [0.1, 0.15) is 36.7 Å². The van der Waals surface area contributed by atoms with Gasteiger partial charge in [0.1, 0.15) is 5.82 Å². The standard InChI is InChI=1S/C20H28N4O/c1-14-6-4-5-7-16(14)11-19-21-22-20(23-9-8-18(13-23)25-3)24(19)12-17-10-15(17)2/h4-7,15,17-18H,8-13H2,1-3H3/t15?,17?,18-/m0/s1. The summed E-state index contributed by atoms with van der Waals surface area (Å²) in [5.41, 5.74) is 2.65. The van der Waals surface area contributed by atoms with Crippen LogP contribution >= 0.6 is 0 Å². The summed E-state index contributed by atoms with van der Waals surface area (Å²) in [6.07, 6.45) is 3.55. The van der Waals surface area contributed by atoms with Gasteiger partial charge in [0, 0.05) is 33.2 Å². The summed E-state index contributed by atoms with van der Waals surface area (Å²) in [5.74, 6) is 3.71. The topological polar surface area (TPSA) is 43.2 Å². The van der Waals surface area contributed by atoms with E-state index in [1.54, 1.807) is 7.11 Å². The van der Waals surface area contributed by atoms with Crippen LogP contribution < -0.4 is 4.90 Å². The normalized spacial score (nSPS) is 25.6. The molecule has 2 aliphatic rings. The monoisotopic (exact) mass is 340 g/mol. The van der Waals surface area contributed by atoms with Crippen LogP contribution in [-0.2, 0) is 17.7 Å². The number of benzene rings is 1. The van der Waals surface area contributed by atoms with E-state index in [4.69, 9.17) is 4.74 Å². The highest BCUT2D eigenvalue weighted by Gasteiger charge is 2.35. The number of anilines is 1. The number of hydrogen-bond acceptors (Lipinski definition) is 4. The number of hydrogen-bond donors (Lipinski definition) is 0. The van der Waals surface area contributed by atoms with E-state index in [0.29, 0.717) is 6.10 Å². The first-order valence-corrected chi connectivity index (χ1v) is 9.40. The molecule has 1 aliphatic carbocycles. The van der Waals surface area contributed by atoms with Crippen LogP contribution in [0.15, 0.2) is 24.3 Å². The maximum atomic E-state index is 5.53. The average molecular weight is 340 g/mol. The maximum Gasteiger partial charge on any atom is 0.227 e. The Balaban J connectivity index is 1.61. The number of nitrogens with zero attached hydrogens (tertiary/aromatic N) is 4. The number of rotatable bonds is 6. The van der Waals surface area contributed by atoms with Gasteiger partial charge in [0.25, 0.3) is 0 Å². The molecule has 2 aromatic rings. The third-order valence-corrected chi connectivity index (χ3v) is 5.87. The molecule has 5 heteroatoms. The molecule has 4 rings (SSSR count). The van der Waals surface area contributed by atoms with Crippen LogP contribution in [0.3, 0.4) is 0 Å². The first-order valence-electron chi connectivity index (χ1n) is 9.40. The minimum Gasteiger partial charge on any atom is -0.380 e. The predicted octanol–water partition coefficient (Wildman–Crippen LogP) is 3.06.